The quantitative estimate of drug-likeness (QED) is 0.795. The van der Waals surface area contributed by atoms with E-state index < -0.39 is 23.6 Å². The zero-order chi connectivity index (χ0) is 13.1. The molecule has 0 aliphatic carbocycles. The Hall–Kier alpha value is -1.26. The van der Waals surface area contributed by atoms with E-state index in [0.29, 0.717) is 0 Å². The lowest BCUT2D eigenvalue weighted by atomic mass is 10.0. The Labute approximate surface area is 96.9 Å². The summed E-state index contributed by atoms with van der Waals surface area (Å²) in [5, 5.41) is 0. The van der Waals surface area contributed by atoms with E-state index in [0.717, 1.165) is 0 Å². The van der Waals surface area contributed by atoms with E-state index in [1.54, 1.807) is 20.8 Å². The fourth-order valence-electron chi connectivity index (χ4n) is 1.41. The highest BCUT2D eigenvalue weighted by molar-refractivity contribution is 5.84. The first-order chi connectivity index (χ1) is 7.06. The van der Waals surface area contributed by atoms with Crippen molar-refractivity contribution in [3.05, 3.63) is 0 Å². The number of amides is 2. The summed E-state index contributed by atoms with van der Waals surface area (Å²) >= 11 is 0. The number of likely N-dealkylation sites (N-methyl/N-ethyl adjacent to an activating group) is 1. The first-order valence-electron chi connectivity index (χ1n) is 5.31. The van der Waals surface area contributed by atoms with Crippen LogP contribution in [0, 0.1) is 5.92 Å². The van der Waals surface area contributed by atoms with Crippen LogP contribution < -0.4 is 5.73 Å². The molecule has 2 N–H and O–H groups in total. The largest absolute Gasteiger partial charge is 0.444 e. The standard InChI is InChI=1S/C11H22N2O3/c1-7(2)8(9(12)14)13(6)10(15)16-11(3,4)5/h7-8H,1-6H3,(H2,12,14)/t8-/m0/s1. The molecule has 0 radical (unpaired) electrons. The summed E-state index contributed by atoms with van der Waals surface area (Å²) in [6, 6.07) is -0.644. The lowest BCUT2D eigenvalue weighted by molar-refractivity contribution is -0.124. The van der Waals surface area contributed by atoms with Crippen LogP contribution in [0.4, 0.5) is 4.79 Å². The van der Waals surface area contributed by atoms with Crippen molar-refractivity contribution < 1.29 is 14.3 Å². The fourth-order valence-corrected chi connectivity index (χ4v) is 1.41. The number of primary amides is 1. The lowest BCUT2D eigenvalue weighted by Gasteiger charge is -2.30. The van der Waals surface area contributed by atoms with Crippen LogP contribution in [0.3, 0.4) is 0 Å². The molecule has 1 atom stereocenters. The molecule has 0 saturated carbocycles. The Bertz CT molecular complexity index is 269. The van der Waals surface area contributed by atoms with Gasteiger partial charge in [0.1, 0.15) is 11.6 Å². The number of nitrogens with zero attached hydrogens (tertiary/aromatic N) is 1. The van der Waals surface area contributed by atoms with E-state index in [2.05, 4.69) is 0 Å². The van der Waals surface area contributed by atoms with Crippen LogP contribution in [0.1, 0.15) is 34.6 Å². The zero-order valence-corrected chi connectivity index (χ0v) is 10.9. The smallest absolute Gasteiger partial charge is 0.410 e. The van der Waals surface area contributed by atoms with Crippen LogP contribution in [0.25, 0.3) is 0 Å². The number of hydrogen-bond acceptors (Lipinski definition) is 3. The van der Waals surface area contributed by atoms with E-state index in [9.17, 15) is 9.59 Å². The molecule has 5 heteroatoms. The SMILES string of the molecule is CC(C)[C@@H](C(N)=O)N(C)C(=O)OC(C)(C)C. The van der Waals surface area contributed by atoms with Gasteiger partial charge in [0.15, 0.2) is 0 Å². The summed E-state index contributed by atoms with van der Waals surface area (Å²) in [4.78, 5) is 24.2. The fraction of sp³-hybridized carbons (Fsp3) is 0.818. The molecule has 0 aliphatic rings. The molecule has 0 aromatic heterocycles. The number of nitrogens with two attached hydrogens (primary N) is 1. The van der Waals surface area contributed by atoms with Crippen molar-refractivity contribution in [2.75, 3.05) is 7.05 Å². The van der Waals surface area contributed by atoms with Crippen molar-refractivity contribution in [3.8, 4) is 0 Å². The summed E-state index contributed by atoms with van der Waals surface area (Å²) in [5.74, 6) is -0.571. The number of carbonyl (C=O) groups excluding carboxylic acids is 2. The van der Waals surface area contributed by atoms with Crippen LogP contribution in [0.5, 0.6) is 0 Å². The maximum atomic E-state index is 11.7. The summed E-state index contributed by atoms with van der Waals surface area (Å²) < 4.78 is 5.16. The van der Waals surface area contributed by atoms with Crippen LogP contribution in [0.15, 0.2) is 0 Å². The highest BCUT2D eigenvalue weighted by atomic mass is 16.6. The molecule has 0 aromatic carbocycles. The van der Waals surface area contributed by atoms with Crippen molar-refractivity contribution in [1.29, 1.82) is 0 Å². The van der Waals surface area contributed by atoms with Gasteiger partial charge in [0.25, 0.3) is 0 Å². The molecule has 94 valence electrons. The Kier molecular flexibility index (Phi) is 4.78. The summed E-state index contributed by atoms with van der Waals surface area (Å²) in [6.07, 6.45) is -0.537. The molecule has 0 aliphatic heterocycles. The third-order valence-electron chi connectivity index (χ3n) is 2.02. The van der Waals surface area contributed by atoms with E-state index in [1.807, 2.05) is 13.8 Å². The Morgan fingerprint density at radius 2 is 1.69 bits per heavy atom. The molecule has 16 heavy (non-hydrogen) atoms. The van der Waals surface area contributed by atoms with E-state index in [1.165, 1.54) is 11.9 Å². The monoisotopic (exact) mass is 230 g/mol. The van der Waals surface area contributed by atoms with E-state index in [4.69, 9.17) is 10.5 Å². The molecule has 0 bridgehead atoms. The number of hydrogen-bond donors (Lipinski definition) is 1. The number of carbonyl (C=O) groups is 2. The molecule has 0 heterocycles. The van der Waals surface area contributed by atoms with Crippen LogP contribution >= 0.6 is 0 Å². The van der Waals surface area contributed by atoms with Gasteiger partial charge in [-0.25, -0.2) is 4.79 Å². The first-order valence-corrected chi connectivity index (χ1v) is 5.31. The van der Waals surface area contributed by atoms with E-state index in [-0.39, 0.29) is 5.92 Å². The van der Waals surface area contributed by atoms with Crippen LogP contribution in [-0.2, 0) is 9.53 Å². The van der Waals surface area contributed by atoms with Gasteiger partial charge < -0.3 is 10.5 Å². The van der Waals surface area contributed by atoms with Gasteiger partial charge in [-0.15, -0.1) is 0 Å². The van der Waals surface area contributed by atoms with Crippen LogP contribution in [0.2, 0.25) is 0 Å². The summed E-state index contributed by atoms with van der Waals surface area (Å²) in [6.45, 7) is 8.97. The normalized spacial score (nSPS) is 13.4. The molecule has 0 unspecified atom stereocenters. The van der Waals surface area contributed by atoms with Crippen molar-refractivity contribution in [1.82, 2.24) is 4.90 Å². The lowest BCUT2D eigenvalue weighted by Crippen LogP contribution is -2.50. The maximum absolute atomic E-state index is 11.7. The van der Waals surface area contributed by atoms with Gasteiger partial charge in [-0.1, -0.05) is 13.8 Å². The molecule has 2 amide bonds. The minimum absolute atomic E-state index is 0.0463. The molecule has 0 spiro atoms. The highest BCUT2D eigenvalue weighted by Crippen LogP contribution is 2.14. The second-order valence-corrected chi connectivity index (χ2v) is 5.18. The third-order valence-corrected chi connectivity index (χ3v) is 2.02. The zero-order valence-electron chi connectivity index (χ0n) is 10.9. The first kappa shape index (κ1) is 14.7. The molecular weight excluding hydrogens is 208 g/mol. The van der Waals surface area contributed by atoms with Crippen LogP contribution in [-0.4, -0.2) is 35.6 Å². The minimum Gasteiger partial charge on any atom is -0.444 e. The Morgan fingerprint density at radius 1 is 1.25 bits per heavy atom. The average Bonchev–Trinajstić information content (AvgIpc) is 1.98. The van der Waals surface area contributed by atoms with E-state index >= 15 is 0 Å². The predicted octanol–water partition coefficient (Wildman–Crippen LogP) is 1.36. The molecule has 0 rings (SSSR count). The van der Waals surface area contributed by atoms with Gasteiger partial charge in [-0.3, -0.25) is 9.69 Å². The van der Waals surface area contributed by atoms with Gasteiger partial charge in [-0.2, -0.15) is 0 Å². The Morgan fingerprint density at radius 3 is 1.94 bits per heavy atom. The van der Waals surface area contributed by atoms with Crippen molar-refractivity contribution in [2.45, 2.75) is 46.3 Å². The third kappa shape index (κ3) is 4.51. The van der Waals surface area contributed by atoms with Gasteiger partial charge in [0, 0.05) is 7.05 Å². The van der Waals surface area contributed by atoms with Crippen molar-refractivity contribution in [3.63, 3.8) is 0 Å². The minimum atomic E-state index is -0.644. The molecule has 5 nitrogen and oxygen atoms in total. The van der Waals surface area contributed by atoms with Crippen molar-refractivity contribution >= 4 is 12.0 Å². The van der Waals surface area contributed by atoms with Gasteiger partial charge in [0.2, 0.25) is 5.91 Å². The Balaban J connectivity index is 4.69. The molecule has 0 saturated heterocycles. The summed E-state index contributed by atoms with van der Waals surface area (Å²) in [5.41, 5.74) is 4.67. The highest BCUT2D eigenvalue weighted by Gasteiger charge is 2.30. The topological polar surface area (TPSA) is 72.6 Å². The number of rotatable bonds is 3. The average molecular weight is 230 g/mol. The molecule has 0 fully saturated rings. The second-order valence-electron chi connectivity index (χ2n) is 5.18. The molecular formula is C11H22N2O3. The van der Waals surface area contributed by atoms with Crippen molar-refractivity contribution in [2.24, 2.45) is 11.7 Å². The second kappa shape index (κ2) is 5.18. The van der Waals surface area contributed by atoms with Gasteiger partial charge >= 0.3 is 6.09 Å². The molecule has 0 aromatic rings. The predicted molar refractivity (Wildman–Crippen MR) is 61.8 cm³/mol. The maximum Gasteiger partial charge on any atom is 0.410 e. The van der Waals surface area contributed by atoms with Gasteiger partial charge in [-0.05, 0) is 26.7 Å². The number of ether oxygens (including phenoxy) is 1. The summed E-state index contributed by atoms with van der Waals surface area (Å²) in [7, 11) is 1.52. The van der Waals surface area contributed by atoms with Gasteiger partial charge in [0.05, 0.1) is 0 Å².